The average molecular weight is 529 g/mol. The van der Waals surface area contributed by atoms with E-state index in [1.807, 2.05) is 37.3 Å². The van der Waals surface area contributed by atoms with Crippen molar-refractivity contribution in [1.82, 2.24) is 9.88 Å². The number of hydrogen-bond acceptors (Lipinski definition) is 2. The SMILES string of the molecule is C=CC[C@@]1(C)C[C@H](c2cccc(Cl)c2)[C@@H](c2ccc(Cl)cc2)N(C(CC(F)F)c2ccccn2)C1=O. The molecule has 3 aromatic rings. The van der Waals surface area contributed by atoms with Crippen molar-refractivity contribution >= 4 is 29.1 Å². The molecule has 0 spiro atoms. The Morgan fingerprint density at radius 3 is 2.44 bits per heavy atom. The van der Waals surface area contributed by atoms with Crippen LogP contribution in [-0.2, 0) is 4.79 Å². The highest BCUT2D eigenvalue weighted by molar-refractivity contribution is 6.30. The van der Waals surface area contributed by atoms with E-state index in [0.717, 1.165) is 11.1 Å². The van der Waals surface area contributed by atoms with Crippen molar-refractivity contribution < 1.29 is 13.6 Å². The first-order valence-corrected chi connectivity index (χ1v) is 12.6. The lowest BCUT2D eigenvalue weighted by Crippen LogP contribution is -2.53. The summed E-state index contributed by atoms with van der Waals surface area (Å²) in [6.45, 7) is 5.76. The van der Waals surface area contributed by atoms with Gasteiger partial charge in [-0.1, -0.05) is 66.5 Å². The van der Waals surface area contributed by atoms with Gasteiger partial charge in [-0.15, -0.1) is 6.58 Å². The third kappa shape index (κ3) is 5.47. The van der Waals surface area contributed by atoms with Gasteiger partial charge in [-0.05, 0) is 60.4 Å². The van der Waals surface area contributed by atoms with E-state index in [1.165, 1.54) is 0 Å². The zero-order valence-electron chi connectivity index (χ0n) is 20.0. The molecule has 4 rings (SSSR count). The molecule has 4 atom stereocenters. The molecule has 1 unspecified atom stereocenters. The summed E-state index contributed by atoms with van der Waals surface area (Å²) in [5.74, 6) is -0.409. The molecule has 0 aliphatic carbocycles. The quantitative estimate of drug-likeness (QED) is 0.275. The first kappa shape index (κ1) is 26.3. The van der Waals surface area contributed by atoms with Crippen LogP contribution in [0.5, 0.6) is 0 Å². The molecule has 1 aliphatic heterocycles. The standard InChI is InChI=1S/C29H28Cl2F2N2O/c1-3-14-29(2)18-23(20-7-6-8-22(31)16-20)27(19-10-12-21(30)13-11-19)35(28(29)36)25(17-26(32)33)24-9-4-5-15-34-24/h3-13,15-16,23,25-27H,1,14,17-18H2,2H3/t23-,25?,27-,29+/m1/s1. The van der Waals surface area contributed by atoms with E-state index in [9.17, 15) is 13.6 Å². The van der Waals surface area contributed by atoms with Crippen molar-refractivity contribution in [3.05, 3.63) is 112 Å². The summed E-state index contributed by atoms with van der Waals surface area (Å²) in [6.07, 6.45) is 1.04. The number of amides is 1. The van der Waals surface area contributed by atoms with Crippen LogP contribution in [0.15, 0.2) is 85.6 Å². The fourth-order valence-corrected chi connectivity index (χ4v) is 5.67. The van der Waals surface area contributed by atoms with Gasteiger partial charge in [0.05, 0.1) is 23.2 Å². The Morgan fingerprint density at radius 1 is 1.08 bits per heavy atom. The van der Waals surface area contributed by atoms with Gasteiger partial charge in [0.15, 0.2) is 0 Å². The van der Waals surface area contributed by atoms with Crippen LogP contribution in [0.25, 0.3) is 0 Å². The fourth-order valence-electron chi connectivity index (χ4n) is 5.35. The minimum absolute atomic E-state index is 0.197. The van der Waals surface area contributed by atoms with Crippen LogP contribution < -0.4 is 0 Å². The van der Waals surface area contributed by atoms with E-state index in [4.69, 9.17) is 23.2 Å². The lowest BCUT2D eigenvalue weighted by atomic mass is 9.67. The summed E-state index contributed by atoms with van der Waals surface area (Å²) in [4.78, 5) is 20.3. The van der Waals surface area contributed by atoms with E-state index < -0.39 is 30.3 Å². The second-order valence-corrected chi connectivity index (χ2v) is 10.4. The van der Waals surface area contributed by atoms with Gasteiger partial charge in [0.25, 0.3) is 0 Å². The second kappa shape index (κ2) is 11.1. The summed E-state index contributed by atoms with van der Waals surface area (Å²) < 4.78 is 28.1. The number of carbonyl (C=O) groups excluding carboxylic acids is 1. The highest BCUT2D eigenvalue weighted by atomic mass is 35.5. The van der Waals surface area contributed by atoms with Gasteiger partial charge in [0.1, 0.15) is 0 Å². The van der Waals surface area contributed by atoms with E-state index in [-0.39, 0.29) is 11.8 Å². The molecule has 2 aromatic carbocycles. The van der Waals surface area contributed by atoms with Crippen LogP contribution in [0, 0.1) is 5.41 Å². The maximum atomic E-state index is 14.3. The molecule has 3 nitrogen and oxygen atoms in total. The number of piperidine rings is 1. The number of rotatable bonds is 8. The van der Waals surface area contributed by atoms with Gasteiger partial charge in [-0.3, -0.25) is 9.78 Å². The van der Waals surface area contributed by atoms with E-state index in [0.29, 0.717) is 28.6 Å². The maximum absolute atomic E-state index is 14.3. The first-order valence-electron chi connectivity index (χ1n) is 11.9. The lowest BCUT2D eigenvalue weighted by molar-refractivity contribution is -0.156. The van der Waals surface area contributed by atoms with Gasteiger partial charge < -0.3 is 4.90 Å². The van der Waals surface area contributed by atoms with Gasteiger partial charge in [0.2, 0.25) is 12.3 Å². The molecule has 0 N–H and O–H groups in total. The van der Waals surface area contributed by atoms with Gasteiger partial charge >= 0.3 is 0 Å². The number of likely N-dealkylation sites (tertiary alicyclic amines) is 1. The summed E-state index contributed by atoms with van der Waals surface area (Å²) >= 11 is 12.6. The summed E-state index contributed by atoms with van der Waals surface area (Å²) in [6, 6.07) is 18.5. The minimum Gasteiger partial charge on any atom is -0.326 e. The van der Waals surface area contributed by atoms with Crippen LogP contribution in [0.2, 0.25) is 10.0 Å². The highest BCUT2D eigenvalue weighted by Crippen LogP contribution is 2.54. The summed E-state index contributed by atoms with van der Waals surface area (Å²) in [5.41, 5.74) is 1.34. The lowest BCUT2D eigenvalue weighted by Gasteiger charge is -2.52. The Bertz CT molecular complexity index is 1210. The third-order valence-electron chi connectivity index (χ3n) is 6.95. The zero-order chi connectivity index (χ0) is 25.9. The molecule has 2 heterocycles. The van der Waals surface area contributed by atoms with Crippen molar-refractivity contribution in [2.45, 2.75) is 50.6 Å². The van der Waals surface area contributed by atoms with Gasteiger partial charge in [-0.25, -0.2) is 8.78 Å². The monoisotopic (exact) mass is 528 g/mol. The van der Waals surface area contributed by atoms with Crippen LogP contribution in [0.1, 0.15) is 61.0 Å². The Hall–Kier alpha value is -2.76. The number of hydrogen-bond donors (Lipinski definition) is 0. The van der Waals surface area contributed by atoms with Crippen molar-refractivity contribution in [2.24, 2.45) is 5.41 Å². The third-order valence-corrected chi connectivity index (χ3v) is 7.44. The van der Waals surface area contributed by atoms with Crippen LogP contribution in [0.3, 0.4) is 0 Å². The average Bonchev–Trinajstić information content (AvgIpc) is 2.85. The molecule has 36 heavy (non-hydrogen) atoms. The number of benzene rings is 2. The summed E-state index contributed by atoms with van der Waals surface area (Å²) in [7, 11) is 0. The molecule has 188 valence electrons. The Kier molecular flexibility index (Phi) is 8.11. The van der Waals surface area contributed by atoms with Gasteiger partial charge in [-0.2, -0.15) is 0 Å². The number of alkyl halides is 2. The zero-order valence-corrected chi connectivity index (χ0v) is 21.5. The summed E-state index contributed by atoms with van der Waals surface area (Å²) in [5, 5.41) is 1.13. The van der Waals surface area contributed by atoms with Crippen molar-refractivity contribution in [3.8, 4) is 0 Å². The molecule has 0 saturated carbocycles. The normalized spacial score (nSPS) is 23.1. The molecule has 0 radical (unpaired) electrons. The predicted octanol–water partition coefficient (Wildman–Crippen LogP) is 8.42. The molecule has 1 amide bonds. The molecule has 0 bridgehead atoms. The molecule has 1 aromatic heterocycles. The fraction of sp³-hybridized carbons (Fsp3) is 0.310. The van der Waals surface area contributed by atoms with Crippen LogP contribution >= 0.6 is 23.2 Å². The van der Waals surface area contributed by atoms with E-state index in [2.05, 4.69) is 11.6 Å². The molecule has 7 heteroatoms. The molecular weight excluding hydrogens is 501 g/mol. The predicted molar refractivity (Wildman–Crippen MR) is 140 cm³/mol. The second-order valence-electron chi connectivity index (χ2n) is 9.53. The molecule has 1 saturated heterocycles. The molecule has 1 fully saturated rings. The Balaban J connectivity index is 1.97. The number of aromatic nitrogens is 1. The number of allylic oxidation sites excluding steroid dienone is 1. The van der Waals surface area contributed by atoms with E-state index in [1.54, 1.807) is 53.6 Å². The first-order chi connectivity index (χ1) is 17.2. The number of nitrogens with zero attached hydrogens (tertiary/aromatic N) is 2. The highest BCUT2D eigenvalue weighted by Gasteiger charge is 2.51. The smallest absolute Gasteiger partial charge is 0.241 e. The minimum atomic E-state index is -2.63. The van der Waals surface area contributed by atoms with Gasteiger partial charge in [0, 0.05) is 28.6 Å². The molecule has 1 aliphatic rings. The van der Waals surface area contributed by atoms with Crippen LogP contribution in [0.4, 0.5) is 8.78 Å². The Morgan fingerprint density at radius 2 is 1.83 bits per heavy atom. The van der Waals surface area contributed by atoms with Crippen molar-refractivity contribution in [1.29, 1.82) is 0 Å². The van der Waals surface area contributed by atoms with E-state index >= 15 is 0 Å². The number of pyridine rings is 1. The number of halogens is 4. The maximum Gasteiger partial charge on any atom is 0.241 e. The Labute approximate surface area is 220 Å². The van der Waals surface area contributed by atoms with Crippen molar-refractivity contribution in [2.75, 3.05) is 0 Å². The molecular formula is C29H28Cl2F2N2O. The van der Waals surface area contributed by atoms with Crippen molar-refractivity contribution in [3.63, 3.8) is 0 Å². The largest absolute Gasteiger partial charge is 0.326 e. The topological polar surface area (TPSA) is 33.2 Å². The number of carbonyl (C=O) groups is 1. The van der Waals surface area contributed by atoms with Crippen LogP contribution in [-0.4, -0.2) is 22.2 Å².